The lowest BCUT2D eigenvalue weighted by molar-refractivity contribution is 0.0997. The Hall–Kier alpha value is -2.40. The minimum Gasteiger partial charge on any atom is -0.399 e. The Morgan fingerprint density at radius 1 is 1.10 bits per heavy atom. The summed E-state index contributed by atoms with van der Waals surface area (Å²) in [5.41, 5.74) is 13.1. The van der Waals surface area contributed by atoms with Crippen LogP contribution >= 0.6 is 11.8 Å². The van der Waals surface area contributed by atoms with Gasteiger partial charge in [-0.15, -0.1) is 0 Å². The van der Waals surface area contributed by atoms with Crippen LogP contribution in [0.2, 0.25) is 0 Å². The zero-order valence-electron chi connectivity index (χ0n) is 10.6. The van der Waals surface area contributed by atoms with Gasteiger partial charge in [0, 0.05) is 21.5 Å². The maximum atomic E-state index is 11.5. The van der Waals surface area contributed by atoms with Crippen LogP contribution in [0, 0.1) is 0 Å². The van der Waals surface area contributed by atoms with Crippen molar-refractivity contribution in [1.82, 2.24) is 4.98 Å². The summed E-state index contributed by atoms with van der Waals surface area (Å²) in [5.74, 6) is -0.476. The molecule has 0 aliphatic rings. The van der Waals surface area contributed by atoms with Gasteiger partial charge < -0.3 is 16.5 Å². The van der Waals surface area contributed by atoms with Gasteiger partial charge in [-0.1, -0.05) is 30.0 Å². The summed E-state index contributed by atoms with van der Waals surface area (Å²) in [6, 6.07) is 15.2. The largest absolute Gasteiger partial charge is 0.399 e. The first-order valence-electron chi connectivity index (χ1n) is 6.08. The molecule has 3 rings (SSSR count). The summed E-state index contributed by atoms with van der Waals surface area (Å²) >= 11 is 1.47. The molecule has 0 spiro atoms. The minimum atomic E-state index is -0.476. The second kappa shape index (κ2) is 4.94. The van der Waals surface area contributed by atoms with Gasteiger partial charge in [-0.3, -0.25) is 4.79 Å². The SMILES string of the molecule is NC(=O)c1cc(N)ccc1Sc1cc2ccccc2[nH]1. The highest BCUT2D eigenvalue weighted by atomic mass is 32.2. The Morgan fingerprint density at radius 2 is 1.90 bits per heavy atom. The average Bonchev–Trinajstić information content (AvgIpc) is 2.82. The van der Waals surface area contributed by atoms with Crippen LogP contribution in [-0.4, -0.2) is 10.9 Å². The molecule has 0 radical (unpaired) electrons. The molecule has 0 aliphatic heterocycles. The number of amides is 1. The molecule has 5 heteroatoms. The fourth-order valence-electron chi connectivity index (χ4n) is 2.05. The number of nitrogens with two attached hydrogens (primary N) is 2. The fourth-order valence-corrected chi connectivity index (χ4v) is 3.04. The predicted molar refractivity (Wildman–Crippen MR) is 81.8 cm³/mol. The highest BCUT2D eigenvalue weighted by Crippen LogP contribution is 2.32. The third-order valence-corrected chi connectivity index (χ3v) is 4.01. The van der Waals surface area contributed by atoms with Crippen LogP contribution in [0.1, 0.15) is 10.4 Å². The number of fused-ring (bicyclic) bond motifs is 1. The van der Waals surface area contributed by atoms with Crippen molar-refractivity contribution in [3.05, 3.63) is 54.1 Å². The number of nitrogen functional groups attached to an aromatic ring is 1. The van der Waals surface area contributed by atoms with Crippen LogP contribution in [0.25, 0.3) is 10.9 Å². The Kier molecular flexibility index (Phi) is 3.12. The average molecular weight is 283 g/mol. The van der Waals surface area contributed by atoms with Crippen molar-refractivity contribution in [2.75, 3.05) is 5.73 Å². The van der Waals surface area contributed by atoms with Gasteiger partial charge in [-0.2, -0.15) is 0 Å². The molecule has 5 N–H and O–H groups in total. The van der Waals surface area contributed by atoms with Gasteiger partial charge in [0.1, 0.15) is 0 Å². The highest BCUT2D eigenvalue weighted by Gasteiger charge is 2.11. The number of hydrogen-bond donors (Lipinski definition) is 3. The predicted octanol–water partition coefficient (Wildman–Crippen LogP) is 3.00. The van der Waals surface area contributed by atoms with Crippen molar-refractivity contribution in [1.29, 1.82) is 0 Å². The molecule has 1 amide bonds. The summed E-state index contributed by atoms with van der Waals surface area (Å²) in [6.45, 7) is 0. The van der Waals surface area contributed by atoms with Crippen molar-refractivity contribution >= 4 is 34.3 Å². The molecular formula is C15H13N3OS. The molecule has 1 heterocycles. The Balaban J connectivity index is 2.00. The van der Waals surface area contributed by atoms with E-state index in [2.05, 4.69) is 4.98 Å². The monoisotopic (exact) mass is 283 g/mol. The highest BCUT2D eigenvalue weighted by molar-refractivity contribution is 7.99. The molecule has 0 unspecified atom stereocenters. The van der Waals surface area contributed by atoms with Crippen molar-refractivity contribution in [3.8, 4) is 0 Å². The molecule has 0 atom stereocenters. The maximum Gasteiger partial charge on any atom is 0.249 e. The van der Waals surface area contributed by atoms with E-state index in [4.69, 9.17) is 11.5 Å². The molecular weight excluding hydrogens is 270 g/mol. The van der Waals surface area contributed by atoms with Gasteiger partial charge in [0.2, 0.25) is 5.91 Å². The molecule has 0 aliphatic carbocycles. The van der Waals surface area contributed by atoms with Crippen molar-refractivity contribution < 1.29 is 4.79 Å². The van der Waals surface area contributed by atoms with Crippen LogP contribution in [0.5, 0.6) is 0 Å². The van der Waals surface area contributed by atoms with Gasteiger partial charge in [0.05, 0.1) is 10.6 Å². The normalized spacial score (nSPS) is 10.8. The van der Waals surface area contributed by atoms with E-state index < -0.39 is 5.91 Å². The minimum absolute atomic E-state index is 0.439. The van der Waals surface area contributed by atoms with E-state index in [-0.39, 0.29) is 0 Å². The lowest BCUT2D eigenvalue weighted by Crippen LogP contribution is -2.12. The van der Waals surface area contributed by atoms with Crippen LogP contribution in [0.4, 0.5) is 5.69 Å². The number of H-pyrrole nitrogens is 1. The first-order valence-corrected chi connectivity index (χ1v) is 6.90. The second-order valence-corrected chi connectivity index (χ2v) is 5.53. The third kappa shape index (κ3) is 2.35. The summed E-state index contributed by atoms with van der Waals surface area (Å²) < 4.78 is 0. The number of hydrogen-bond acceptors (Lipinski definition) is 3. The summed E-state index contributed by atoms with van der Waals surface area (Å²) in [4.78, 5) is 15.6. The van der Waals surface area contributed by atoms with Crippen LogP contribution in [0.3, 0.4) is 0 Å². The number of primary amides is 1. The first-order chi connectivity index (χ1) is 9.63. The number of aromatic nitrogens is 1. The van der Waals surface area contributed by atoms with E-state index in [1.807, 2.05) is 36.4 Å². The molecule has 100 valence electrons. The van der Waals surface area contributed by atoms with Gasteiger partial charge in [0.15, 0.2) is 0 Å². The second-order valence-electron chi connectivity index (χ2n) is 4.44. The van der Waals surface area contributed by atoms with E-state index in [1.54, 1.807) is 12.1 Å². The molecule has 2 aromatic carbocycles. The van der Waals surface area contributed by atoms with E-state index in [0.717, 1.165) is 20.8 Å². The van der Waals surface area contributed by atoms with Crippen LogP contribution in [-0.2, 0) is 0 Å². The van der Waals surface area contributed by atoms with Gasteiger partial charge >= 0.3 is 0 Å². The molecule has 0 bridgehead atoms. The standard InChI is InChI=1S/C15H13N3OS/c16-10-5-6-13(11(8-10)15(17)19)20-14-7-9-3-1-2-4-12(9)18-14/h1-8,18H,16H2,(H2,17,19). The van der Waals surface area contributed by atoms with E-state index in [9.17, 15) is 4.79 Å². The van der Waals surface area contributed by atoms with Gasteiger partial charge in [-0.05, 0) is 30.3 Å². The number of carbonyl (C=O) groups excluding carboxylic acids is 1. The van der Waals surface area contributed by atoms with E-state index in [1.165, 1.54) is 11.8 Å². The number of rotatable bonds is 3. The molecule has 1 aromatic heterocycles. The molecule has 3 aromatic rings. The Morgan fingerprint density at radius 3 is 2.65 bits per heavy atom. The fraction of sp³-hybridized carbons (Fsp3) is 0. The quantitative estimate of drug-likeness (QED) is 0.646. The maximum absolute atomic E-state index is 11.5. The number of anilines is 1. The number of para-hydroxylation sites is 1. The zero-order chi connectivity index (χ0) is 14.1. The Bertz CT molecular complexity index is 762. The first kappa shape index (κ1) is 12.6. The van der Waals surface area contributed by atoms with Crippen LogP contribution in [0.15, 0.2) is 58.5 Å². The van der Waals surface area contributed by atoms with Crippen molar-refractivity contribution in [2.45, 2.75) is 9.92 Å². The molecule has 20 heavy (non-hydrogen) atoms. The third-order valence-electron chi connectivity index (χ3n) is 2.99. The molecule has 4 nitrogen and oxygen atoms in total. The van der Waals surface area contributed by atoms with E-state index >= 15 is 0 Å². The van der Waals surface area contributed by atoms with Crippen LogP contribution < -0.4 is 11.5 Å². The van der Waals surface area contributed by atoms with Gasteiger partial charge in [-0.25, -0.2) is 0 Å². The lowest BCUT2D eigenvalue weighted by Gasteiger charge is -2.06. The van der Waals surface area contributed by atoms with E-state index in [0.29, 0.717) is 11.3 Å². The smallest absolute Gasteiger partial charge is 0.249 e. The zero-order valence-corrected chi connectivity index (χ0v) is 11.4. The summed E-state index contributed by atoms with van der Waals surface area (Å²) in [7, 11) is 0. The lowest BCUT2D eigenvalue weighted by atomic mass is 10.2. The summed E-state index contributed by atoms with van der Waals surface area (Å²) in [6.07, 6.45) is 0. The number of nitrogens with one attached hydrogen (secondary N) is 1. The number of aromatic amines is 1. The molecule has 0 saturated carbocycles. The topological polar surface area (TPSA) is 84.9 Å². The number of benzene rings is 2. The summed E-state index contributed by atoms with van der Waals surface area (Å²) in [5, 5.41) is 2.09. The molecule has 0 fully saturated rings. The Labute approximate surface area is 120 Å². The van der Waals surface area contributed by atoms with Crippen molar-refractivity contribution in [3.63, 3.8) is 0 Å². The van der Waals surface area contributed by atoms with Crippen molar-refractivity contribution in [2.24, 2.45) is 5.73 Å². The number of carbonyl (C=O) groups is 1. The van der Waals surface area contributed by atoms with Gasteiger partial charge in [0.25, 0.3) is 0 Å². The molecule has 0 saturated heterocycles.